The number of benzene rings is 1. The number of aryl methyl sites for hydroxylation is 2. The molecule has 0 aliphatic carbocycles. The number of nitrogens with zero attached hydrogens (tertiary/aromatic N) is 3. The zero-order chi connectivity index (χ0) is 13.3. The minimum absolute atomic E-state index is 0.505. The smallest absolute Gasteiger partial charge is 0.106 e. The summed E-state index contributed by atoms with van der Waals surface area (Å²) in [5.74, 6) is 1.01. The van der Waals surface area contributed by atoms with Crippen molar-refractivity contribution in [3.63, 3.8) is 0 Å². The number of nitriles is 1. The van der Waals surface area contributed by atoms with Crippen LogP contribution in [0.2, 0.25) is 0 Å². The van der Waals surface area contributed by atoms with Crippen LogP contribution < -0.4 is 5.32 Å². The van der Waals surface area contributed by atoms with Crippen LogP contribution in [-0.4, -0.2) is 15.1 Å². The van der Waals surface area contributed by atoms with Crippen molar-refractivity contribution < 1.29 is 0 Å². The van der Waals surface area contributed by atoms with Gasteiger partial charge in [-0.15, -0.1) is 0 Å². The lowest BCUT2D eigenvalue weighted by Crippen LogP contribution is -2.36. The number of rotatable bonds is 3. The van der Waals surface area contributed by atoms with Crippen molar-refractivity contribution in [3.8, 4) is 6.07 Å². The minimum atomic E-state index is -0.505. The fraction of sp³-hybridized carbons (Fsp3) is 0.429. The molecule has 0 aliphatic heterocycles. The Bertz CT molecular complexity index is 616. The standard InChI is InChI=1S/C14H18N4/c1-10-17-12-7-11(5-6-13(12)18(10)4)8-16-14(2,3)9-15/h5-7,16H,8H2,1-4H3. The second-order valence-electron chi connectivity index (χ2n) is 5.13. The molecule has 0 amide bonds. The van der Waals surface area contributed by atoms with Crippen LogP contribution in [0.3, 0.4) is 0 Å². The molecule has 0 spiro atoms. The molecule has 1 aromatic carbocycles. The van der Waals surface area contributed by atoms with Crippen LogP contribution in [0.4, 0.5) is 0 Å². The highest BCUT2D eigenvalue weighted by molar-refractivity contribution is 5.76. The highest BCUT2D eigenvalue weighted by Gasteiger charge is 2.15. The van der Waals surface area contributed by atoms with Crippen LogP contribution in [0.15, 0.2) is 18.2 Å². The van der Waals surface area contributed by atoms with Crippen molar-refractivity contribution in [2.45, 2.75) is 32.9 Å². The maximum Gasteiger partial charge on any atom is 0.106 e. The molecule has 0 radical (unpaired) electrons. The van der Waals surface area contributed by atoms with Crippen molar-refractivity contribution in [2.75, 3.05) is 0 Å². The van der Waals surface area contributed by atoms with Gasteiger partial charge in [-0.3, -0.25) is 5.32 Å². The average Bonchev–Trinajstić information content (AvgIpc) is 2.62. The molecule has 4 heteroatoms. The number of imidazole rings is 1. The van der Waals surface area contributed by atoms with Crippen LogP contribution in [0.1, 0.15) is 25.2 Å². The van der Waals surface area contributed by atoms with Crippen molar-refractivity contribution >= 4 is 11.0 Å². The Morgan fingerprint density at radius 2 is 2.17 bits per heavy atom. The fourth-order valence-corrected chi connectivity index (χ4v) is 1.84. The van der Waals surface area contributed by atoms with Gasteiger partial charge in [0.2, 0.25) is 0 Å². The second kappa shape index (κ2) is 4.43. The third-order valence-corrected chi connectivity index (χ3v) is 3.18. The summed E-state index contributed by atoms with van der Waals surface area (Å²) in [6.07, 6.45) is 0. The molecule has 2 aromatic rings. The molecule has 1 heterocycles. The molecule has 94 valence electrons. The topological polar surface area (TPSA) is 53.6 Å². The summed E-state index contributed by atoms with van der Waals surface area (Å²) >= 11 is 0. The van der Waals surface area contributed by atoms with Gasteiger partial charge in [0.05, 0.1) is 17.1 Å². The molecule has 0 bridgehead atoms. The molecule has 4 nitrogen and oxygen atoms in total. The molecule has 2 rings (SSSR count). The third kappa shape index (κ3) is 2.36. The SMILES string of the molecule is Cc1nc2cc(CNC(C)(C)C#N)ccc2n1C. The van der Waals surface area contributed by atoms with Gasteiger partial charge in [0, 0.05) is 13.6 Å². The Balaban J connectivity index is 2.24. The number of fused-ring (bicyclic) bond motifs is 1. The van der Waals surface area contributed by atoms with E-state index >= 15 is 0 Å². The third-order valence-electron chi connectivity index (χ3n) is 3.18. The molecule has 0 unspecified atom stereocenters. The van der Waals surface area contributed by atoms with Crippen LogP contribution in [0, 0.1) is 18.3 Å². The number of hydrogen-bond donors (Lipinski definition) is 1. The van der Waals surface area contributed by atoms with Gasteiger partial charge in [-0.05, 0) is 38.5 Å². The van der Waals surface area contributed by atoms with E-state index in [0.29, 0.717) is 6.54 Å². The van der Waals surface area contributed by atoms with Gasteiger partial charge in [0.15, 0.2) is 0 Å². The van der Waals surface area contributed by atoms with E-state index in [1.807, 2.05) is 27.8 Å². The lowest BCUT2D eigenvalue weighted by Gasteiger charge is -2.17. The van der Waals surface area contributed by atoms with E-state index in [9.17, 15) is 0 Å². The molecule has 1 N–H and O–H groups in total. The lowest BCUT2D eigenvalue weighted by atomic mass is 10.1. The Labute approximate surface area is 107 Å². The van der Waals surface area contributed by atoms with E-state index in [0.717, 1.165) is 22.4 Å². The first-order valence-electron chi connectivity index (χ1n) is 6.01. The van der Waals surface area contributed by atoms with Crippen molar-refractivity contribution in [3.05, 3.63) is 29.6 Å². The summed E-state index contributed by atoms with van der Waals surface area (Å²) < 4.78 is 2.08. The van der Waals surface area contributed by atoms with Gasteiger partial charge in [-0.2, -0.15) is 5.26 Å². The zero-order valence-electron chi connectivity index (χ0n) is 11.3. The molecular weight excluding hydrogens is 224 g/mol. The minimum Gasteiger partial charge on any atom is -0.331 e. The zero-order valence-corrected chi connectivity index (χ0v) is 11.3. The van der Waals surface area contributed by atoms with Crippen molar-refractivity contribution in [2.24, 2.45) is 7.05 Å². The molecule has 0 atom stereocenters. The van der Waals surface area contributed by atoms with E-state index < -0.39 is 5.54 Å². The Morgan fingerprint density at radius 3 is 2.83 bits per heavy atom. The summed E-state index contributed by atoms with van der Waals surface area (Å²) in [6, 6.07) is 8.45. The predicted octanol–water partition coefficient (Wildman–Crippen LogP) is 2.27. The van der Waals surface area contributed by atoms with Crippen LogP contribution in [0.5, 0.6) is 0 Å². The highest BCUT2D eigenvalue weighted by Crippen LogP contribution is 2.16. The Kier molecular flexibility index (Phi) is 3.10. The largest absolute Gasteiger partial charge is 0.331 e. The van der Waals surface area contributed by atoms with Crippen LogP contribution in [0.25, 0.3) is 11.0 Å². The molecule has 0 aliphatic rings. The Hall–Kier alpha value is -1.86. The van der Waals surface area contributed by atoms with Crippen molar-refractivity contribution in [1.82, 2.24) is 14.9 Å². The number of aromatic nitrogens is 2. The van der Waals surface area contributed by atoms with E-state index in [1.54, 1.807) is 0 Å². The number of hydrogen-bond acceptors (Lipinski definition) is 3. The molecule has 0 saturated carbocycles. The first-order valence-corrected chi connectivity index (χ1v) is 6.01. The van der Waals surface area contributed by atoms with Gasteiger partial charge in [0.25, 0.3) is 0 Å². The Morgan fingerprint density at radius 1 is 1.44 bits per heavy atom. The van der Waals surface area contributed by atoms with Crippen molar-refractivity contribution in [1.29, 1.82) is 5.26 Å². The lowest BCUT2D eigenvalue weighted by molar-refractivity contribution is 0.485. The van der Waals surface area contributed by atoms with Gasteiger partial charge in [0.1, 0.15) is 11.4 Å². The van der Waals surface area contributed by atoms with E-state index in [-0.39, 0.29) is 0 Å². The van der Waals surface area contributed by atoms with Crippen LogP contribution in [-0.2, 0) is 13.6 Å². The van der Waals surface area contributed by atoms with E-state index in [1.165, 1.54) is 0 Å². The monoisotopic (exact) mass is 242 g/mol. The number of nitrogens with one attached hydrogen (secondary N) is 1. The highest BCUT2D eigenvalue weighted by atomic mass is 15.0. The van der Waals surface area contributed by atoms with E-state index in [2.05, 4.69) is 39.1 Å². The maximum absolute atomic E-state index is 8.96. The van der Waals surface area contributed by atoms with Gasteiger partial charge in [-0.25, -0.2) is 4.98 Å². The summed E-state index contributed by atoms with van der Waals surface area (Å²) in [4.78, 5) is 4.51. The molecule has 0 fully saturated rings. The fourth-order valence-electron chi connectivity index (χ4n) is 1.84. The molecule has 0 saturated heterocycles. The van der Waals surface area contributed by atoms with Gasteiger partial charge < -0.3 is 4.57 Å². The van der Waals surface area contributed by atoms with Gasteiger partial charge in [-0.1, -0.05) is 6.07 Å². The summed E-state index contributed by atoms with van der Waals surface area (Å²) in [5, 5.41) is 12.2. The summed E-state index contributed by atoms with van der Waals surface area (Å²) in [7, 11) is 2.02. The van der Waals surface area contributed by atoms with Gasteiger partial charge >= 0.3 is 0 Å². The first-order chi connectivity index (χ1) is 8.43. The molecule has 1 aromatic heterocycles. The van der Waals surface area contributed by atoms with E-state index in [4.69, 9.17) is 5.26 Å². The average molecular weight is 242 g/mol. The van der Waals surface area contributed by atoms with Crippen LogP contribution >= 0.6 is 0 Å². The summed E-state index contributed by atoms with van der Waals surface area (Å²) in [6.45, 7) is 6.41. The second-order valence-corrected chi connectivity index (χ2v) is 5.13. The quantitative estimate of drug-likeness (QED) is 0.898. The maximum atomic E-state index is 8.96. The predicted molar refractivity (Wildman–Crippen MR) is 72.0 cm³/mol. The first kappa shape index (κ1) is 12.6. The molecule has 18 heavy (non-hydrogen) atoms. The summed E-state index contributed by atoms with van der Waals surface area (Å²) in [5.41, 5.74) is 2.78. The normalized spacial score (nSPS) is 11.7. The molecular formula is C14H18N4.